The smallest absolute Gasteiger partial charge is 0.123 e. The summed E-state index contributed by atoms with van der Waals surface area (Å²) in [4.78, 5) is 8.98. The topological polar surface area (TPSA) is 37.4 Å². The lowest BCUT2D eigenvalue weighted by Gasteiger charge is -2.34. The van der Waals surface area contributed by atoms with Gasteiger partial charge in [-0.3, -0.25) is 4.90 Å². The number of nitrogens with zero attached hydrogens (tertiary/aromatic N) is 2. The van der Waals surface area contributed by atoms with Crippen LogP contribution in [0.4, 0.5) is 0 Å². The summed E-state index contributed by atoms with van der Waals surface area (Å²) >= 11 is 1.87. The minimum Gasteiger partial charge on any atom is -0.368 e. The summed E-state index contributed by atoms with van der Waals surface area (Å²) in [5.41, 5.74) is 1.35. The Morgan fingerprint density at radius 1 is 1.40 bits per heavy atom. The number of thiazole rings is 1. The maximum Gasteiger partial charge on any atom is 0.123 e. The number of morpholine rings is 1. The van der Waals surface area contributed by atoms with Crippen LogP contribution in [-0.4, -0.2) is 42.7 Å². The molecule has 2 atom stereocenters. The van der Waals surface area contributed by atoms with Gasteiger partial charge < -0.3 is 10.1 Å². The predicted molar refractivity (Wildman–Crippen MR) is 80.1 cm³/mol. The van der Waals surface area contributed by atoms with Crippen molar-refractivity contribution in [2.75, 3.05) is 26.7 Å². The fourth-order valence-corrected chi connectivity index (χ4v) is 4.65. The van der Waals surface area contributed by atoms with Crippen molar-refractivity contribution in [2.45, 2.75) is 50.3 Å². The Balaban J connectivity index is 1.54. The number of hydrogen-bond donors (Lipinski definition) is 1. The van der Waals surface area contributed by atoms with Crippen LogP contribution in [0.25, 0.3) is 0 Å². The lowest BCUT2D eigenvalue weighted by Crippen LogP contribution is -2.42. The van der Waals surface area contributed by atoms with Gasteiger partial charge in [0, 0.05) is 29.9 Å². The Bertz CT molecular complexity index is 485. The molecule has 1 aliphatic carbocycles. The minimum absolute atomic E-state index is 0.206. The van der Waals surface area contributed by atoms with Crippen LogP contribution in [0.3, 0.4) is 0 Å². The van der Waals surface area contributed by atoms with Gasteiger partial charge in [0.1, 0.15) is 11.1 Å². The standard InChI is InChI=1S/C15H23N3OS/c1-16-7-13-14(10-4-5-10)17-15(20-13)12-8-18-6-2-3-11(18)9-19-12/h10-12,16H,2-9H2,1H3. The highest BCUT2D eigenvalue weighted by atomic mass is 32.1. The summed E-state index contributed by atoms with van der Waals surface area (Å²) in [6.45, 7) is 4.13. The molecule has 2 unspecified atom stereocenters. The number of aromatic nitrogens is 1. The van der Waals surface area contributed by atoms with Crippen LogP contribution in [0.2, 0.25) is 0 Å². The monoisotopic (exact) mass is 293 g/mol. The van der Waals surface area contributed by atoms with E-state index in [1.165, 1.54) is 47.8 Å². The summed E-state index contributed by atoms with van der Waals surface area (Å²) in [6.07, 6.45) is 5.48. The van der Waals surface area contributed by atoms with E-state index in [-0.39, 0.29) is 6.10 Å². The Kier molecular flexibility index (Phi) is 3.54. The van der Waals surface area contributed by atoms with Gasteiger partial charge in [0.2, 0.25) is 0 Å². The maximum atomic E-state index is 6.11. The van der Waals surface area contributed by atoms with Gasteiger partial charge in [0.15, 0.2) is 0 Å². The van der Waals surface area contributed by atoms with Crippen molar-refractivity contribution in [3.63, 3.8) is 0 Å². The van der Waals surface area contributed by atoms with E-state index in [9.17, 15) is 0 Å². The average molecular weight is 293 g/mol. The molecule has 0 spiro atoms. The normalized spacial score (nSPS) is 30.6. The summed E-state index contributed by atoms with van der Waals surface area (Å²) < 4.78 is 6.11. The third-order valence-corrected chi connectivity index (χ3v) is 5.87. The van der Waals surface area contributed by atoms with Gasteiger partial charge in [0.25, 0.3) is 0 Å². The number of fused-ring (bicyclic) bond motifs is 1. The molecule has 2 saturated heterocycles. The molecule has 3 heterocycles. The molecule has 0 amide bonds. The molecule has 0 bridgehead atoms. The maximum absolute atomic E-state index is 6.11. The molecule has 0 radical (unpaired) electrons. The number of ether oxygens (including phenoxy) is 1. The Morgan fingerprint density at radius 2 is 2.30 bits per heavy atom. The molecule has 0 aromatic carbocycles. The number of nitrogens with one attached hydrogen (secondary N) is 1. The van der Waals surface area contributed by atoms with Crippen molar-refractivity contribution >= 4 is 11.3 Å². The van der Waals surface area contributed by atoms with Gasteiger partial charge in [-0.15, -0.1) is 11.3 Å². The molecular weight excluding hydrogens is 270 g/mol. The van der Waals surface area contributed by atoms with Crippen LogP contribution in [-0.2, 0) is 11.3 Å². The van der Waals surface area contributed by atoms with Crippen LogP contribution in [0.1, 0.15) is 53.3 Å². The van der Waals surface area contributed by atoms with Crippen LogP contribution < -0.4 is 5.32 Å². The Labute approximate surface area is 124 Å². The zero-order chi connectivity index (χ0) is 13.5. The fourth-order valence-electron chi connectivity index (χ4n) is 3.45. The highest BCUT2D eigenvalue weighted by Crippen LogP contribution is 2.44. The summed E-state index contributed by atoms with van der Waals surface area (Å²) in [6, 6.07) is 0.672. The van der Waals surface area contributed by atoms with E-state index in [4.69, 9.17) is 9.72 Å². The second kappa shape index (κ2) is 5.37. The van der Waals surface area contributed by atoms with Crippen LogP contribution in [0.5, 0.6) is 0 Å². The first-order valence-electron chi connectivity index (χ1n) is 7.85. The predicted octanol–water partition coefficient (Wildman–Crippen LogP) is 2.28. The van der Waals surface area contributed by atoms with Crippen LogP contribution in [0, 0.1) is 0 Å². The molecule has 1 aromatic rings. The van der Waals surface area contributed by atoms with Gasteiger partial charge >= 0.3 is 0 Å². The molecule has 3 fully saturated rings. The van der Waals surface area contributed by atoms with Gasteiger partial charge in [-0.2, -0.15) is 0 Å². The average Bonchev–Trinajstić information content (AvgIpc) is 3.05. The van der Waals surface area contributed by atoms with E-state index in [1.807, 2.05) is 18.4 Å². The van der Waals surface area contributed by atoms with Crippen molar-refractivity contribution < 1.29 is 4.74 Å². The largest absolute Gasteiger partial charge is 0.368 e. The molecular formula is C15H23N3OS. The first kappa shape index (κ1) is 13.2. The number of rotatable bonds is 4. The van der Waals surface area contributed by atoms with Gasteiger partial charge in [-0.05, 0) is 39.3 Å². The van der Waals surface area contributed by atoms with E-state index in [2.05, 4.69) is 10.2 Å². The molecule has 110 valence electrons. The van der Waals surface area contributed by atoms with E-state index >= 15 is 0 Å². The minimum atomic E-state index is 0.206. The molecule has 3 aliphatic rings. The highest BCUT2D eigenvalue weighted by Gasteiger charge is 2.36. The highest BCUT2D eigenvalue weighted by molar-refractivity contribution is 7.11. The first-order valence-corrected chi connectivity index (χ1v) is 8.66. The third kappa shape index (κ3) is 2.41. The molecule has 20 heavy (non-hydrogen) atoms. The molecule has 4 nitrogen and oxygen atoms in total. The zero-order valence-electron chi connectivity index (χ0n) is 12.1. The molecule has 2 aliphatic heterocycles. The van der Waals surface area contributed by atoms with Gasteiger partial charge in [-0.25, -0.2) is 4.98 Å². The van der Waals surface area contributed by atoms with E-state index in [0.717, 1.165) is 25.6 Å². The van der Waals surface area contributed by atoms with Crippen molar-refractivity contribution in [2.24, 2.45) is 0 Å². The molecule has 1 aromatic heterocycles. The first-order chi connectivity index (χ1) is 9.85. The number of hydrogen-bond acceptors (Lipinski definition) is 5. The van der Waals surface area contributed by atoms with E-state index in [1.54, 1.807) is 0 Å². The summed E-state index contributed by atoms with van der Waals surface area (Å²) in [5.74, 6) is 0.728. The lowest BCUT2D eigenvalue weighted by molar-refractivity contribution is -0.0502. The van der Waals surface area contributed by atoms with Crippen LogP contribution in [0.15, 0.2) is 0 Å². The van der Waals surface area contributed by atoms with Crippen molar-refractivity contribution in [3.05, 3.63) is 15.6 Å². The van der Waals surface area contributed by atoms with Crippen molar-refractivity contribution in [3.8, 4) is 0 Å². The quantitative estimate of drug-likeness (QED) is 0.924. The Morgan fingerprint density at radius 3 is 3.10 bits per heavy atom. The second-order valence-electron chi connectivity index (χ2n) is 6.28. The summed E-state index contributed by atoms with van der Waals surface area (Å²) in [7, 11) is 2.02. The molecule has 5 heteroatoms. The molecule has 1 saturated carbocycles. The SMILES string of the molecule is CNCc1sc(C2CN3CCCC3CO2)nc1C1CC1. The second-order valence-corrected chi connectivity index (χ2v) is 7.39. The van der Waals surface area contributed by atoms with Crippen LogP contribution >= 0.6 is 11.3 Å². The molecule has 4 rings (SSSR count). The van der Waals surface area contributed by atoms with Gasteiger partial charge in [-0.1, -0.05) is 0 Å². The zero-order valence-corrected chi connectivity index (χ0v) is 12.9. The van der Waals surface area contributed by atoms with Gasteiger partial charge in [0.05, 0.1) is 12.3 Å². The Hall–Kier alpha value is -0.490. The fraction of sp³-hybridized carbons (Fsp3) is 0.800. The van der Waals surface area contributed by atoms with Crippen molar-refractivity contribution in [1.82, 2.24) is 15.2 Å². The van der Waals surface area contributed by atoms with Crippen molar-refractivity contribution in [1.29, 1.82) is 0 Å². The van der Waals surface area contributed by atoms with E-state index < -0.39 is 0 Å². The summed E-state index contributed by atoms with van der Waals surface area (Å²) in [5, 5.41) is 4.49. The third-order valence-electron chi connectivity index (χ3n) is 4.71. The van der Waals surface area contributed by atoms with E-state index in [0.29, 0.717) is 6.04 Å². The molecule has 1 N–H and O–H groups in total. The lowest BCUT2D eigenvalue weighted by atomic mass is 10.2.